The van der Waals surface area contributed by atoms with Gasteiger partial charge in [-0.15, -0.1) is 0 Å². The van der Waals surface area contributed by atoms with Crippen LogP contribution in [0.15, 0.2) is 18.2 Å². The Bertz CT molecular complexity index is 444. The Morgan fingerprint density at radius 1 is 1.53 bits per heavy atom. The molecule has 1 aliphatic heterocycles. The van der Waals surface area contributed by atoms with Crippen LogP contribution in [0.4, 0.5) is 11.4 Å². The number of para-hydroxylation sites is 1. The van der Waals surface area contributed by atoms with Gasteiger partial charge in [0, 0.05) is 6.07 Å². The van der Waals surface area contributed by atoms with Crippen molar-refractivity contribution >= 4 is 17.3 Å². The summed E-state index contributed by atoms with van der Waals surface area (Å²) in [6, 6.07) is 4.39. The van der Waals surface area contributed by atoms with Gasteiger partial charge in [-0.2, -0.15) is 0 Å². The zero-order valence-corrected chi connectivity index (χ0v) is 7.89. The number of hydrogen-bond acceptors (Lipinski definition) is 4. The van der Waals surface area contributed by atoms with Crippen LogP contribution in [-0.2, 0) is 4.79 Å². The Kier molecular flexibility index (Phi) is 2.03. The molecular formula is C9H8N2O4. The van der Waals surface area contributed by atoms with Gasteiger partial charge < -0.3 is 10.1 Å². The van der Waals surface area contributed by atoms with Gasteiger partial charge in [-0.05, 0) is 13.0 Å². The quantitative estimate of drug-likeness (QED) is 0.557. The number of benzene rings is 1. The first-order valence-electron chi connectivity index (χ1n) is 4.34. The second-order valence-electron chi connectivity index (χ2n) is 3.16. The molecule has 1 atom stereocenters. The summed E-state index contributed by atoms with van der Waals surface area (Å²) in [5.41, 5.74) is 0.201. The molecule has 1 heterocycles. The summed E-state index contributed by atoms with van der Waals surface area (Å²) in [7, 11) is 0. The Balaban J connectivity index is 2.52. The molecule has 0 aliphatic carbocycles. The summed E-state index contributed by atoms with van der Waals surface area (Å²) < 4.78 is 5.18. The van der Waals surface area contributed by atoms with Crippen LogP contribution in [0.3, 0.4) is 0 Å². The summed E-state index contributed by atoms with van der Waals surface area (Å²) >= 11 is 0. The van der Waals surface area contributed by atoms with Crippen LogP contribution in [0.5, 0.6) is 5.75 Å². The van der Waals surface area contributed by atoms with Gasteiger partial charge in [0.25, 0.3) is 5.91 Å². The van der Waals surface area contributed by atoms with Gasteiger partial charge >= 0.3 is 5.69 Å². The van der Waals surface area contributed by atoms with E-state index in [-0.39, 0.29) is 17.3 Å². The molecular weight excluding hydrogens is 200 g/mol. The van der Waals surface area contributed by atoms with E-state index in [1.807, 2.05) is 0 Å². The van der Waals surface area contributed by atoms with Crippen LogP contribution >= 0.6 is 0 Å². The lowest BCUT2D eigenvalue weighted by Crippen LogP contribution is -2.34. The molecule has 0 unspecified atom stereocenters. The minimum absolute atomic E-state index is 0.120. The van der Waals surface area contributed by atoms with E-state index in [2.05, 4.69) is 5.32 Å². The molecule has 6 nitrogen and oxygen atoms in total. The Morgan fingerprint density at radius 3 is 2.93 bits per heavy atom. The van der Waals surface area contributed by atoms with Crippen molar-refractivity contribution in [2.45, 2.75) is 13.0 Å². The third-order valence-corrected chi connectivity index (χ3v) is 2.11. The number of amides is 1. The minimum Gasteiger partial charge on any atom is -0.472 e. The third kappa shape index (κ3) is 1.50. The second kappa shape index (κ2) is 3.23. The number of carbonyl (C=O) groups is 1. The molecule has 1 N–H and O–H groups in total. The van der Waals surface area contributed by atoms with Gasteiger partial charge in [0.2, 0.25) is 5.75 Å². The first-order chi connectivity index (χ1) is 7.09. The van der Waals surface area contributed by atoms with E-state index in [1.54, 1.807) is 6.07 Å². The molecule has 1 amide bonds. The predicted octanol–water partition coefficient (Wildman–Crippen LogP) is 1.31. The van der Waals surface area contributed by atoms with Crippen molar-refractivity contribution in [1.29, 1.82) is 0 Å². The third-order valence-electron chi connectivity index (χ3n) is 2.11. The maximum absolute atomic E-state index is 11.2. The first-order valence-corrected chi connectivity index (χ1v) is 4.34. The Labute approximate surface area is 85.0 Å². The zero-order chi connectivity index (χ0) is 11.0. The maximum atomic E-state index is 11.2. The van der Waals surface area contributed by atoms with Crippen molar-refractivity contribution in [2.75, 3.05) is 5.32 Å². The van der Waals surface area contributed by atoms with Gasteiger partial charge in [-0.1, -0.05) is 6.07 Å². The average molecular weight is 208 g/mol. The largest absolute Gasteiger partial charge is 0.472 e. The lowest BCUT2D eigenvalue weighted by molar-refractivity contribution is -0.385. The van der Waals surface area contributed by atoms with Crippen LogP contribution in [0.25, 0.3) is 0 Å². The van der Waals surface area contributed by atoms with E-state index in [1.165, 1.54) is 19.1 Å². The summed E-state index contributed by atoms with van der Waals surface area (Å²) in [5.74, 6) is -0.183. The molecule has 0 aromatic heterocycles. The molecule has 6 heteroatoms. The number of hydrogen-bond donors (Lipinski definition) is 1. The number of nitro benzene ring substituents is 1. The van der Waals surface area contributed by atoms with Gasteiger partial charge in [-0.3, -0.25) is 14.9 Å². The van der Waals surface area contributed by atoms with Gasteiger partial charge in [-0.25, -0.2) is 0 Å². The fourth-order valence-electron chi connectivity index (χ4n) is 1.36. The highest BCUT2D eigenvalue weighted by molar-refractivity contribution is 5.98. The van der Waals surface area contributed by atoms with E-state index in [0.717, 1.165) is 0 Å². The van der Waals surface area contributed by atoms with Gasteiger partial charge in [0.05, 0.1) is 10.6 Å². The first kappa shape index (κ1) is 9.45. The summed E-state index contributed by atoms with van der Waals surface area (Å²) in [4.78, 5) is 21.4. The number of anilines is 1. The van der Waals surface area contributed by atoms with Crippen molar-refractivity contribution in [3.8, 4) is 5.75 Å². The van der Waals surface area contributed by atoms with E-state index in [9.17, 15) is 14.9 Å². The van der Waals surface area contributed by atoms with E-state index < -0.39 is 11.0 Å². The molecule has 0 saturated carbocycles. The monoisotopic (exact) mass is 208 g/mol. The predicted molar refractivity (Wildman–Crippen MR) is 51.8 cm³/mol. The molecule has 15 heavy (non-hydrogen) atoms. The highest BCUT2D eigenvalue weighted by Gasteiger charge is 2.29. The number of nitrogens with one attached hydrogen (secondary N) is 1. The number of nitrogens with zero attached hydrogens (tertiary/aromatic N) is 1. The lowest BCUT2D eigenvalue weighted by Gasteiger charge is -2.22. The number of fused-ring (bicyclic) bond motifs is 1. The minimum atomic E-state index is -0.710. The fourth-order valence-corrected chi connectivity index (χ4v) is 1.36. The van der Waals surface area contributed by atoms with Gasteiger partial charge in [0.1, 0.15) is 0 Å². The summed E-state index contributed by atoms with van der Waals surface area (Å²) in [5, 5.41) is 13.2. The zero-order valence-electron chi connectivity index (χ0n) is 7.89. The van der Waals surface area contributed by atoms with Crippen LogP contribution in [0.2, 0.25) is 0 Å². The number of rotatable bonds is 1. The molecule has 0 radical (unpaired) electrons. The summed E-state index contributed by atoms with van der Waals surface area (Å²) in [6.45, 7) is 1.54. The fraction of sp³-hybridized carbons (Fsp3) is 0.222. The summed E-state index contributed by atoms with van der Waals surface area (Å²) in [6.07, 6.45) is -0.710. The van der Waals surface area contributed by atoms with Crippen molar-refractivity contribution in [1.82, 2.24) is 0 Å². The van der Waals surface area contributed by atoms with Crippen LogP contribution in [0.1, 0.15) is 6.92 Å². The second-order valence-corrected chi connectivity index (χ2v) is 3.16. The van der Waals surface area contributed by atoms with Crippen molar-refractivity contribution in [3.63, 3.8) is 0 Å². The normalized spacial score (nSPS) is 18.7. The maximum Gasteiger partial charge on any atom is 0.313 e. The SMILES string of the molecule is C[C@@H]1Oc2c(cccc2[N+](=O)[O-])NC1=O. The average Bonchev–Trinajstić information content (AvgIpc) is 2.18. The lowest BCUT2D eigenvalue weighted by atomic mass is 10.2. The molecule has 1 aromatic carbocycles. The molecule has 1 aliphatic rings. The molecule has 0 spiro atoms. The standard InChI is InChI=1S/C9H8N2O4/c1-5-9(12)10-6-3-2-4-7(11(13)14)8(6)15-5/h2-5H,1H3,(H,10,12)/t5-/m0/s1. The molecule has 0 saturated heterocycles. The molecule has 0 bridgehead atoms. The molecule has 1 aromatic rings. The van der Waals surface area contributed by atoms with E-state index in [0.29, 0.717) is 5.69 Å². The number of carbonyl (C=O) groups excluding carboxylic acids is 1. The Hall–Kier alpha value is -2.11. The van der Waals surface area contributed by atoms with Crippen molar-refractivity contribution in [2.24, 2.45) is 0 Å². The molecule has 2 rings (SSSR count). The van der Waals surface area contributed by atoms with Crippen LogP contribution in [-0.4, -0.2) is 16.9 Å². The highest BCUT2D eigenvalue weighted by Crippen LogP contribution is 2.37. The van der Waals surface area contributed by atoms with Crippen LogP contribution in [0, 0.1) is 10.1 Å². The highest BCUT2D eigenvalue weighted by atomic mass is 16.6. The van der Waals surface area contributed by atoms with Gasteiger partial charge in [0.15, 0.2) is 6.10 Å². The van der Waals surface area contributed by atoms with Crippen molar-refractivity contribution < 1.29 is 14.5 Å². The van der Waals surface area contributed by atoms with Crippen LogP contribution < -0.4 is 10.1 Å². The number of ether oxygens (including phenoxy) is 1. The van der Waals surface area contributed by atoms with Crippen molar-refractivity contribution in [3.05, 3.63) is 28.3 Å². The smallest absolute Gasteiger partial charge is 0.313 e. The number of nitro groups is 1. The Morgan fingerprint density at radius 2 is 2.27 bits per heavy atom. The molecule has 0 fully saturated rings. The molecule has 78 valence electrons. The van der Waals surface area contributed by atoms with E-state index >= 15 is 0 Å². The topological polar surface area (TPSA) is 81.5 Å². The van der Waals surface area contributed by atoms with E-state index in [4.69, 9.17) is 4.74 Å².